The number of carbonyl (C=O) groups excluding carboxylic acids is 1. The minimum absolute atomic E-state index is 0.0341. The SMILES string of the molecule is N#Cc1ccc2c(cnn2CC23CC(C(=O)N4N=CCC4c4cc(F)cc(F)c4)(C2)C3)c1. The van der Waals surface area contributed by atoms with Gasteiger partial charge in [-0.3, -0.25) is 9.48 Å². The highest BCUT2D eigenvalue weighted by Gasteiger charge is 2.72. The Labute approximate surface area is 182 Å². The first-order valence-corrected chi connectivity index (χ1v) is 10.6. The van der Waals surface area contributed by atoms with Crippen molar-refractivity contribution in [2.75, 3.05) is 0 Å². The summed E-state index contributed by atoms with van der Waals surface area (Å²) in [4.78, 5) is 13.3. The van der Waals surface area contributed by atoms with Gasteiger partial charge in [0, 0.05) is 30.6 Å². The average molecular weight is 431 g/mol. The number of hydrogen-bond donors (Lipinski definition) is 0. The molecule has 1 aliphatic heterocycles. The van der Waals surface area contributed by atoms with Gasteiger partial charge >= 0.3 is 0 Å². The van der Waals surface area contributed by atoms with Gasteiger partial charge in [-0.15, -0.1) is 0 Å². The zero-order valence-corrected chi connectivity index (χ0v) is 17.1. The lowest BCUT2D eigenvalue weighted by molar-refractivity contribution is -0.223. The molecule has 8 heteroatoms. The van der Waals surface area contributed by atoms with Crippen molar-refractivity contribution in [2.24, 2.45) is 15.9 Å². The van der Waals surface area contributed by atoms with Crippen molar-refractivity contribution in [3.63, 3.8) is 0 Å². The zero-order chi connectivity index (χ0) is 22.1. The minimum atomic E-state index is -0.655. The topological polar surface area (TPSA) is 74.3 Å². The van der Waals surface area contributed by atoms with Gasteiger partial charge < -0.3 is 0 Å². The van der Waals surface area contributed by atoms with E-state index in [1.54, 1.807) is 18.5 Å². The van der Waals surface area contributed by atoms with E-state index in [1.807, 2.05) is 16.8 Å². The summed E-state index contributed by atoms with van der Waals surface area (Å²) in [6.45, 7) is 0.721. The van der Waals surface area contributed by atoms with E-state index >= 15 is 0 Å². The summed E-state index contributed by atoms with van der Waals surface area (Å²) in [5, 5.41) is 20.2. The summed E-state index contributed by atoms with van der Waals surface area (Å²) in [6.07, 6.45) is 6.12. The van der Waals surface area contributed by atoms with Gasteiger partial charge in [0.2, 0.25) is 5.91 Å². The Bertz CT molecular complexity index is 1310. The molecule has 1 aromatic heterocycles. The maximum absolute atomic E-state index is 13.7. The standard InChI is InChI=1S/C24H19F2N5O/c25-18-6-16(7-19(26)8-18)21-3-4-28-31(21)22(32)24-11-23(12-24,13-24)14-30-20-2-1-15(9-27)5-17(20)10-29-30/h1-2,4-8,10,21H,3,11-14H2. The quantitative estimate of drug-likeness (QED) is 0.618. The largest absolute Gasteiger partial charge is 0.272 e. The Balaban J connectivity index is 1.17. The van der Waals surface area contributed by atoms with E-state index in [0.717, 1.165) is 42.8 Å². The molecule has 0 spiro atoms. The number of halogens is 2. The van der Waals surface area contributed by atoms with Crippen molar-refractivity contribution >= 4 is 23.0 Å². The number of amides is 1. The van der Waals surface area contributed by atoms with Crippen molar-refractivity contribution in [3.05, 3.63) is 65.4 Å². The molecule has 3 aromatic rings. The third kappa shape index (κ3) is 2.70. The van der Waals surface area contributed by atoms with Crippen molar-refractivity contribution in [1.82, 2.24) is 14.8 Å². The van der Waals surface area contributed by atoms with Crippen LogP contribution in [0, 0.1) is 33.8 Å². The van der Waals surface area contributed by atoms with Crippen LogP contribution < -0.4 is 0 Å². The fourth-order valence-corrected chi connectivity index (χ4v) is 5.89. The monoisotopic (exact) mass is 431 g/mol. The van der Waals surface area contributed by atoms with Gasteiger partial charge in [-0.05, 0) is 60.6 Å². The minimum Gasteiger partial charge on any atom is -0.272 e. The van der Waals surface area contributed by atoms with Crippen LogP contribution in [-0.4, -0.2) is 26.9 Å². The first-order valence-electron chi connectivity index (χ1n) is 10.6. The van der Waals surface area contributed by atoms with Crippen LogP contribution in [0.3, 0.4) is 0 Å². The van der Waals surface area contributed by atoms with E-state index in [-0.39, 0.29) is 11.3 Å². The van der Waals surface area contributed by atoms with E-state index in [4.69, 9.17) is 5.26 Å². The summed E-state index contributed by atoms with van der Waals surface area (Å²) >= 11 is 0. The Morgan fingerprint density at radius 2 is 1.91 bits per heavy atom. The maximum Gasteiger partial charge on any atom is 0.249 e. The predicted octanol–water partition coefficient (Wildman–Crippen LogP) is 4.32. The number of hydrazone groups is 1. The number of hydrogen-bond acceptors (Lipinski definition) is 4. The summed E-state index contributed by atoms with van der Waals surface area (Å²) in [5.41, 5.74) is 1.60. The molecule has 4 aliphatic rings. The van der Waals surface area contributed by atoms with Crippen LogP contribution in [-0.2, 0) is 11.3 Å². The van der Waals surface area contributed by atoms with Crippen LogP contribution in [0.2, 0.25) is 0 Å². The predicted molar refractivity (Wildman–Crippen MR) is 112 cm³/mol. The third-order valence-corrected chi connectivity index (χ3v) is 7.16. The Morgan fingerprint density at radius 3 is 2.62 bits per heavy atom. The van der Waals surface area contributed by atoms with Crippen molar-refractivity contribution in [1.29, 1.82) is 5.26 Å². The smallest absolute Gasteiger partial charge is 0.249 e. The average Bonchev–Trinajstić information content (AvgIpc) is 3.35. The first kappa shape index (κ1) is 19.1. The van der Waals surface area contributed by atoms with E-state index in [2.05, 4.69) is 16.3 Å². The van der Waals surface area contributed by atoms with Crippen molar-refractivity contribution in [3.8, 4) is 6.07 Å². The fraction of sp³-hybridized carbons (Fsp3) is 0.333. The molecule has 3 aliphatic carbocycles. The lowest BCUT2D eigenvalue weighted by Gasteiger charge is -2.69. The van der Waals surface area contributed by atoms with Gasteiger partial charge in [0.25, 0.3) is 0 Å². The van der Waals surface area contributed by atoms with E-state index in [1.165, 1.54) is 17.1 Å². The second kappa shape index (κ2) is 6.45. The number of fused-ring (bicyclic) bond motifs is 1. The van der Waals surface area contributed by atoms with Crippen LogP contribution in [0.25, 0.3) is 10.9 Å². The van der Waals surface area contributed by atoms with Gasteiger partial charge in [-0.1, -0.05) is 0 Å². The molecule has 2 heterocycles. The molecule has 2 bridgehead atoms. The van der Waals surface area contributed by atoms with E-state index < -0.39 is 23.1 Å². The fourth-order valence-electron chi connectivity index (χ4n) is 5.89. The summed E-state index contributed by atoms with van der Waals surface area (Å²) < 4.78 is 29.4. The lowest BCUT2D eigenvalue weighted by Crippen LogP contribution is -2.68. The molecule has 7 rings (SSSR count). The summed E-state index contributed by atoms with van der Waals surface area (Å²) in [5.74, 6) is -1.37. The molecular weight excluding hydrogens is 412 g/mol. The third-order valence-electron chi connectivity index (χ3n) is 7.16. The molecule has 6 nitrogen and oxygen atoms in total. The molecule has 160 valence electrons. The van der Waals surface area contributed by atoms with Gasteiger partial charge in [-0.2, -0.15) is 15.5 Å². The normalized spacial score (nSPS) is 27.8. The maximum atomic E-state index is 13.7. The second-order valence-corrected chi connectivity index (χ2v) is 9.40. The molecule has 2 aromatic carbocycles. The summed E-state index contributed by atoms with van der Waals surface area (Å²) in [7, 11) is 0. The Kier molecular flexibility index (Phi) is 3.85. The molecule has 0 radical (unpaired) electrons. The van der Waals surface area contributed by atoms with Crippen LogP contribution in [0.5, 0.6) is 0 Å². The number of rotatable bonds is 4. The van der Waals surface area contributed by atoms with E-state index in [9.17, 15) is 13.6 Å². The number of carbonyl (C=O) groups is 1. The first-order chi connectivity index (χ1) is 15.4. The summed E-state index contributed by atoms with van der Waals surface area (Å²) in [6, 6.07) is 10.6. The van der Waals surface area contributed by atoms with Gasteiger partial charge in [0.15, 0.2) is 0 Å². The highest BCUT2D eigenvalue weighted by atomic mass is 19.1. The number of nitrogens with zero attached hydrogens (tertiary/aromatic N) is 5. The molecule has 1 atom stereocenters. The van der Waals surface area contributed by atoms with Crippen LogP contribution in [0.4, 0.5) is 8.78 Å². The van der Waals surface area contributed by atoms with Gasteiger partial charge in [0.05, 0.1) is 34.8 Å². The molecule has 0 N–H and O–H groups in total. The second-order valence-electron chi connectivity index (χ2n) is 9.40. The Hall–Kier alpha value is -3.60. The van der Waals surface area contributed by atoms with Crippen LogP contribution in [0.15, 0.2) is 47.7 Å². The number of nitriles is 1. The molecule has 1 unspecified atom stereocenters. The molecule has 3 saturated carbocycles. The highest BCUT2D eigenvalue weighted by molar-refractivity contribution is 5.88. The zero-order valence-electron chi connectivity index (χ0n) is 17.1. The molecule has 1 amide bonds. The lowest BCUT2D eigenvalue weighted by atomic mass is 9.34. The van der Waals surface area contributed by atoms with Gasteiger partial charge in [-0.25, -0.2) is 13.8 Å². The highest BCUT2D eigenvalue weighted by Crippen LogP contribution is 2.74. The molecule has 32 heavy (non-hydrogen) atoms. The van der Waals surface area contributed by atoms with Gasteiger partial charge in [0.1, 0.15) is 11.6 Å². The molecular formula is C24H19F2N5O. The van der Waals surface area contributed by atoms with E-state index in [0.29, 0.717) is 17.5 Å². The molecule has 0 saturated heterocycles. The molecule has 3 fully saturated rings. The van der Waals surface area contributed by atoms with Crippen LogP contribution >= 0.6 is 0 Å². The Morgan fingerprint density at radius 1 is 1.16 bits per heavy atom. The number of benzene rings is 2. The number of aromatic nitrogens is 2. The van der Waals surface area contributed by atoms with Crippen LogP contribution in [0.1, 0.15) is 42.9 Å². The van der Waals surface area contributed by atoms with Crippen molar-refractivity contribution < 1.29 is 13.6 Å². The van der Waals surface area contributed by atoms with Crippen molar-refractivity contribution in [2.45, 2.75) is 38.3 Å².